The molecular formula is C12H14O4. The standard InChI is InChI=1S/C12H14O4/c1-7(2)12(3)15-9-6-4-5-8(11(13)14)10(9)16-12/h4-7H,1-3H3,(H,13,14)/t12-/m0/s1. The van der Waals surface area contributed by atoms with Crippen LogP contribution in [0.4, 0.5) is 0 Å². The van der Waals surface area contributed by atoms with Gasteiger partial charge in [-0.1, -0.05) is 19.9 Å². The zero-order valence-electron chi connectivity index (χ0n) is 9.48. The Morgan fingerprint density at radius 3 is 2.62 bits per heavy atom. The molecule has 1 aromatic rings. The van der Waals surface area contributed by atoms with Gasteiger partial charge < -0.3 is 14.6 Å². The summed E-state index contributed by atoms with van der Waals surface area (Å²) in [7, 11) is 0. The van der Waals surface area contributed by atoms with Gasteiger partial charge in [0.15, 0.2) is 11.5 Å². The van der Waals surface area contributed by atoms with Crippen molar-refractivity contribution < 1.29 is 19.4 Å². The number of carboxylic acid groups (broad SMARTS) is 1. The lowest BCUT2D eigenvalue weighted by molar-refractivity contribution is -0.0992. The number of hydrogen-bond acceptors (Lipinski definition) is 3. The molecular weight excluding hydrogens is 208 g/mol. The van der Waals surface area contributed by atoms with E-state index in [1.807, 2.05) is 20.8 Å². The monoisotopic (exact) mass is 222 g/mol. The summed E-state index contributed by atoms with van der Waals surface area (Å²) >= 11 is 0. The molecule has 86 valence electrons. The van der Waals surface area contributed by atoms with E-state index in [4.69, 9.17) is 14.6 Å². The molecule has 0 spiro atoms. The van der Waals surface area contributed by atoms with Crippen LogP contribution in [-0.2, 0) is 0 Å². The maximum atomic E-state index is 11.0. The number of ether oxygens (including phenoxy) is 2. The van der Waals surface area contributed by atoms with Crippen molar-refractivity contribution in [3.05, 3.63) is 23.8 Å². The van der Waals surface area contributed by atoms with E-state index in [1.54, 1.807) is 12.1 Å². The highest BCUT2D eigenvalue weighted by molar-refractivity contribution is 5.92. The van der Waals surface area contributed by atoms with Crippen LogP contribution in [0.2, 0.25) is 0 Å². The molecule has 0 bridgehead atoms. The van der Waals surface area contributed by atoms with Gasteiger partial charge in [0.05, 0.1) is 0 Å². The van der Waals surface area contributed by atoms with Gasteiger partial charge in [-0.05, 0) is 12.1 Å². The van der Waals surface area contributed by atoms with E-state index >= 15 is 0 Å². The normalized spacial score (nSPS) is 22.5. The molecule has 1 heterocycles. The lowest BCUT2D eigenvalue weighted by atomic mass is 10.1. The van der Waals surface area contributed by atoms with Crippen molar-refractivity contribution in [2.45, 2.75) is 26.6 Å². The Bertz CT molecular complexity index is 439. The molecule has 0 unspecified atom stereocenters. The molecule has 0 radical (unpaired) electrons. The van der Waals surface area contributed by atoms with Crippen LogP contribution >= 0.6 is 0 Å². The molecule has 1 atom stereocenters. The fourth-order valence-corrected chi connectivity index (χ4v) is 1.55. The Balaban J connectivity index is 2.45. The molecule has 4 nitrogen and oxygen atoms in total. The Morgan fingerprint density at radius 2 is 2.06 bits per heavy atom. The minimum atomic E-state index is -1.01. The van der Waals surface area contributed by atoms with Gasteiger partial charge in [0.25, 0.3) is 5.79 Å². The van der Waals surface area contributed by atoms with Gasteiger partial charge >= 0.3 is 5.97 Å². The zero-order valence-corrected chi connectivity index (χ0v) is 9.48. The number of hydrogen-bond donors (Lipinski definition) is 1. The Kier molecular flexibility index (Phi) is 2.30. The highest BCUT2D eigenvalue weighted by atomic mass is 16.7. The van der Waals surface area contributed by atoms with Crippen LogP contribution in [-0.4, -0.2) is 16.9 Å². The first-order valence-electron chi connectivity index (χ1n) is 5.18. The molecule has 1 aromatic carbocycles. The molecule has 0 fully saturated rings. The number of aromatic carboxylic acids is 1. The molecule has 1 aliphatic heterocycles. The average Bonchev–Trinajstić information content (AvgIpc) is 2.54. The third-order valence-electron chi connectivity index (χ3n) is 2.88. The number of fused-ring (bicyclic) bond motifs is 1. The third kappa shape index (κ3) is 1.50. The van der Waals surface area contributed by atoms with Crippen LogP contribution in [0.25, 0.3) is 0 Å². The molecule has 1 aliphatic rings. The summed E-state index contributed by atoms with van der Waals surface area (Å²) in [5.41, 5.74) is 0.141. The molecule has 0 saturated heterocycles. The predicted molar refractivity (Wildman–Crippen MR) is 57.9 cm³/mol. The predicted octanol–water partition coefficient (Wildman–Crippen LogP) is 2.53. The highest BCUT2D eigenvalue weighted by Crippen LogP contribution is 2.44. The molecule has 16 heavy (non-hydrogen) atoms. The average molecular weight is 222 g/mol. The second kappa shape index (κ2) is 3.40. The fraction of sp³-hybridized carbons (Fsp3) is 0.417. The van der Waals surface area contributed by atoms with Gasteiger partial charge in [0.1, 0.15) is 5.56 Å². The molecule has 4 heteroatoms. The van der Waals surface area contributed by atoms with Crippen LogP contribution in [0.1, 0.15) is 31.1 Å². The second-order valence-electron chi connectivity index (χ2n) is 4.31. The largest absolute Gasteiger partial charge is 0.478 e. The van der Waals surface area contributed by atoms with Gasteiger partial charge in [-0.25, -0.2) is 4.79 Å². The molecule has 0 aliphatic carbocycles. The first-order chi connectivity index (χ1) is 7.44. The summed E-state index contributed by atoms with van der Waals surface area (Å²) in [6.07, 6.45) is 0. The van der Waals surface area contributed by atoms with Crippen LogP contribution in [0, 0.1) is 5.92 Å². The first kappa shape index (κ1) is 10.8. The molecule has 2 rings (SSSR count). The molecule has 0 aromatic heterocycles. The van der Waals surface area contributed by atoms with Crippen molar-refractivity contribution in [1.29, 1.82) is 0 Å². The van der Waals surface area contributed by atoms with Crippen molar-refractivity contribution in [2.75, 3.05) is 0 Å². The smallest absolute Gasteiger partial charge is 0.339 e. The maximum Gasteiger partial charge on any atom is 0.339 e. The van der Waals surface area contributed by atoms with Crippen molar-refractivity contribution in [2.24, 2.45) is 5.92 Å². The van der Waals surface area contributed by atoms with Crippen LogP contribution in [0.5, 0.6) is 11.5 Å². The number of rotatable bonds is 2. The summed E-state index contributed by atoms with van der Waals surface area (Å²) in [4.78, 5) is 11.0. The van der Waals surface area contributed by atoms with Crippen molar-refractivity contribution >= 4 is 5.97 Å². The van der Waals surface area contributed by atoms with Gasteiger partial charge in [-0.2, -0.15) is 0 Å². The van der Waals surface area contributed by atoms with Gasteiger partial charge in [-0.3, -0.25) is 0 Å². The second-order valence-corrected chi connectivity index (χ2v) is 4.31. The van der Waals surface area contributed by atoms with E-state index in [9.17, 15) is 4.79 Å². The maximum absolute atomic E-state index is 11.0. The SMILES string of the molecule is CC(C)[C@@]1(C)Oc2cccc(C(=O)O)c2O1. The summed E-state index contributed by atoms with van der Waals surface area (Å²) in [5, 5.41) is 9.02. The Hall–Kier alpha value is -1.71. The van der Waals surface area contributed by atoms with Gasteiger partial charge in [-0.15, -0.1) is 0 Å². The third-order valence-corrected chi connectivity index (χ3v) is 2.88. The van der Waals surface area contributed by atoms with E-state index in [2.05, 4.69) is 0 Å². The topological polar surface area (TPSA) is 55.8 Å². The van der Waals surface area contributed by atoms with E-state index in [1.165, 1.54) is 6.07 Å². The van der Waals surface area contributed by atoms with Crippen molar-refractivity contribution in [3.63, 3.8) is 0 Å². The van der Waals surface area contributed by atoms with Gasteiger partial charge in [0, 0.05) is 12.8 Å². The lowest BCUT2D eigenvalue weighted by Gasteiger charge is -2.26. The fourth-order valence-electron chi connectivity index (χ4n) is 1.55. The summed E-state index contributed by atoms with van der Waals surface area (Å²) < 4.78 is 11.3. The lowest BCUT2D eigenvalue weighted by Crippen LogP contribution is -2.40. The Morgan fingerprint density at radius 1 is 1.38 bits per heavy atom. The van der Waals surface area contributed by atoms with E-state index in [0.29, 0.717) is 11.5 Å². The van der Waals surface area contributed by atoms with E-state index in [-0.39, 0.29) is 11.5 Å². The minimum absolute atomic E-state index is 0.126. The number of para-hydroxylation sites is 1. The summed E-state index contributed by atoms with van der Waals surface area (Å²) in [5.74, 6) is -0.842. The summed E-state index contributed by atoms with van der Waals surface area (Å²) in [6, 6.07) is 4.88. The van der Waals surface area contributed by atoms with Crippen LogP contribution in [0.15, 0.2) is 18.2 Å². The number of benzene rings is 1. The van der Waals surface area contributed by atoms with Crippen LogP contribution < -0.4 is 9.47 Å². The highest BCUT2D eigenvalue weighted by Gasteiger charge is 2.41. The van der Waals surface area contributed by atoms with Crippen molar-refractivity contribution in [3.8, 4) is 11.5 Å². The quantitative estimate of drug-likeness (QED) is 0.835. The molecule has 1 N–H and O–H groups in total. The van der Waals surface area contributed by atoms with Gasteiger partial charge in [0.2, 0.25) is 0 Å². The summed E-state index contributed by atoms with van der Waals surface area (Å²) in [6.45, 7) is 5.74. The van der Waals surface area contributed by atoms with E-state index < -0.39 is 11.8 Å². The minimum Gasteiger partial charge on any atom is -0.478 e. The first-order valence-corrected chi connectivity index (χ1v) is 5.18. The van der Waals surface area contributed by atoms with E-state index in [0.717, 1.165) is 0 Å². The molecule has 0 saturated carbocycles. The van der Waals surface area contributed by atoms with Crippen molar-refractivity contribution in [1.82, 2.24) is 0 Å². The molecule has 0 amide bonds. The number of carboxylic acids is 1. The Labute approximate surface area is 93.8 Å². The number of carbonyl (C=O) groups is 1. The zero-order chi connectivity index (χ0) is 11.9. The van der Waals surface area contributed by atoms with Crippen LogP contribution in [0.3, 0.4) is 0 Å².